The zero-order valence-corrected chi connectivity index (χ0v) is 19.2. The van der Waals surface area contributed by atoms with E-state index in [2.05, 4.69) is 15.3 Å². The Morgan fingerprint density at radius 3 is 2.44 bits per heavy atom. The molecule has 0 amide bonds. The molecule has 34 heavy (non-hydrogen) atoms. The maximum atomic E-state index is 9.63. The number of methoxy groups -OCH3 is 2. The Morgan fingerprint density at radius 2 is 1.76 bits per heavy atom. The molecule has 10 nitrogen and oxygen atoms in total. The Morgan fingerprint density at radius 1 is 1.03 bits per heavy atom. The van der Waals surface area contributed by atoms with Crippen LogP contribution in [0.2, 0.25) is 0 Å². The molecule has 10 heteroatoms. The number of hydrogen-bond acceptors (Lipinski definition) is 9. The quantitative estimate of drug-likeness (QED) is 0.407. The average Bonchev–Trinajstić information content (AvgIpc) is 3.21. The number of rotatable bonds is 8. The van der Waals surface area contributed by atoms with Gasteiger partial charge in [-0.15, -0.1) is 0 Å². The summed E-state index contributed by atoms with van der Waals surface area (Å²) >= 11 is 0. The van der Waals surface area contributed by atoms with Gasteiger partial charge in [0.1, 0.15) is 28.7 Å². The Bertz CT molecular complexity index is 1300. The van der Waals surface area contributed by atoms with E-state index >= 15 is 0 Å². The van der Waals surface area contributed by atoms with Crippen LogP contribution in [-0.4, -0.2) is 62.6 Å². The fourth-order valence-corrected chi connectivity index (χ4v) is 4.04. The van der Waals surface area contributed by atoms with Gasteiger partial charge in [-0.2, -0.15) is 0 Å². The van der Waals surface area contributed by atoms with E-state index in [1.165, 1.54) is 0 Å². The summed E-state index contributed by atoms with van der Waals surface area (Å²) in [6.45, 7) is 2.41. The van der Waals surface area contributed by atoms with Gasteiger partial charge in [0.05, 0.1) is 33.1 Å². The largest absolute Gasteiger partial charge is 0.494 e. The lowest BCUT2D eigenvalue weighted by Crippen LogP contribution is -2.39. The minimum atomic E-state index is -0.271. The second-order valence-corrected chi connectivity index (χ2v) is 7.94. The lowest BCUT2D eigenvalue weighted by Gasteiger charge is -2.32. The molecular weight excluding hydrogens is 436 g/mol. The van der Waals surface area contributed by atoms with Crippen molar-refractivity contribution in [1.82, 2.24) is 24.5 Å². The van der Waals surface area contributed by atoms with Crippen molar-refractivity contribution in [2.75, 3.05) is 26.1 Å². The summed E-state index contributed by atoms with van der Waals surface area (Å²) in [5.41, 5.74) is 2.20. The number of fused-ring (bicyclic) bond motifs is 1. The van der Waals surface area contributed by atoms with Gasteiger partial charge in [0.2, 0.25) is 5.88 Å². The molecule has 3 heterocycles. The van der Waals surface area contributed by atoms with Crippen LogP contribution in [0.25, 0.3) is 28.5 Å². The highest BCUT2D eigenvalue weighted by Gasteiger charge is 2.28. The smallest absolute Gasteiger partial charge is 0.213 e. The molecule has 1 aliphatic carbocycles. The molecule has 5 rings (SSSR count). The number of aromatic nitrogens is 5. The molecule has 0 aliphatic heterocycles. The molecule has 1 saturated carbocycles. The van der Waals surface area contributed by atoms with Gasteiger partial charge in [-0.25, -0.2) is 19.9 Å². The van der Waals surface area contributed by atoms with Gasteiger partial charge >= 0.3 is 0 Å². The van der Waals surface area contributed by atoms with Crippen molar-refractivity contribution in [2.45, 2.75) is 31.9 Å². The van der Waals surface area contributed by atoms with E-state index in [1.54, 1.807) is 26.5 Å². The third kappa shape index (κ3) is 3.96. The molecule has 0 unspecified atom stereocenters. The van der Waals surface area contributed by atoms with Gasteiger partial charge in [0.15, 0.2) is 17.1 Å². The van der Waals surface area contributed by atoms with Gasteiger partial charge in [0.25, 0.3) is 0 Å². The van der Waals surface area contributed by atoms with Crippen LogP contribution in [0.3, 0.4) is 0 Å². The summed E-state index contributed by atoms with van der Waals surface area (Å²) in [6.07, 6.45) is 2.74. The monoisotopic (exact) mass is 462 g/mol. The van der Waals surface area contributed by atoms with Crippen molar-refractivity contribution in [3.05, 3.63) is 42.6 Å². The van der Waals surface area contributed by atoms with E-state index in [0.29, 0.717) is 71.1 Å². The van der Waals surface area contributed by atoms with Crippen LogP contribution < -0.4 is 19.5 Å². The van der Waals surface area contributed by atoms with E-state index in [0.717, 1.165) is 0 Å². The van der Waals surface area contributed by atoms with E-state index in [9.17, 15) is 5.11 Å². The molecule has 0 saturated heterocycles. The Hall–Kier alpha value is -3.92. The second-order valence-electron chi connectivity index (χ2n) is 7.94. The molecule has 1 fully saturated rings. The summed E-state index contributed by atoms with van der Waals surface area (Å²) in [5, 5.41) is 13.0. The Labute approximate surface area is 196 Å². The highest BCUT2D eigenvalue weighted by atomic mass is 16.5. The molecule has 1 aromatic carbocycles. The second kappa shape index (κ2) is 9.14. The minimum Gasteiger partial charge on any atom is -0.494 e. The van der Waals surface area contributed by atoms with Crippen LogP contribution >= 0.6 is 0 Å². The highest BCUT2D eigenvalue weighted by molar-refractivity contribution is 5.80. The van der Waals surface area contributed by atoms with Gasteiger partial charge in [-0.1, -0.05) is 12.1 Å². The Kier molecular flexibility index (Phi) is 5.89. The number of ether oxygens (including phenoxy) is 3. The van der Waals surface area contributed by atoms with Crippen molar-refractivity contribution in [3.8, 4) is 34.6 Å². The molecule has 0 radical (unpaired) electrons. The van der Waals surface area contributed by atoms with E-state index in [-0.39, 0.29) is 12.1 Å². The average molecular weight is 463 g/mol. The first-order valence-corrected chi connectivity index (χ1v) is 11.1. The number of anilines is 1. The number of nitrogens with zero attached hydrogens (tertiary/aromatic N) is 5. The number of pyridine rings is 1. The fourth-order valence-electron chi connectivity index (χ4n) is 4.04. The first-order valence-electron chi connectivity index (χ1n) is 11.1. The predicted molar refractivity (Wildman–Crippen MR) is 127 cm³/mol. The van der Waals surface area contributed by atoms with E-state index in [4.69, 9.17) is 24.2 Å². The number of aliphatic hydroxyl groups is 1. The zero-order chi connectivity index (χ0) is 23.7. The molecule has 176 valence electrons. The first kappa shape index (κ1) is 21.9. The maximum Gasteiger partial charge on any atom is 0.213 e. The molecule has 0 spiro atoms. The van der Waals surface area contributed by atoms with E-state index < -0.39 is 0 Å². The minimum absolute atomic E-state index is 0.155. The lowest BCUT2D eigenvalue weighted by atomic mass is 9.90. The summed E-state index contributed by atoms with van der Waals surface area (Å²) in [5.74, 6) is 2.79. The van der Waals surface area contributed by atoms with Crippen LogP contribution in [0.5, 0.6) is 17.4 Å². The maximum absolute atomic E-state index is 9.63. The third-order valence-corrected chi connectivity index (χ3v) is 5.71. The number of aliphatic hydroxyl groups excluding tert-OH is 1. The lowest BCUT2D eigenvalue weighted by molar-refractivity contribution is 0.0835. The van der Waals surface area contributed by atoms with E-state index in [1.807, 2.05) is 41.8 Å². The predicted octanol–water partition coefficient (Wildman–Crippen LogP) is 3.23. The molecule has 1 aliphatic rings. The fraction of sp³-hybridized carbons (Fsp3) is 0.333. The molecule has 2 N–H and O–H groups in total. The molecule has 3 aromatic heterocycles. The van der Waals surface area contributed by atoms with Gasteiger partial charge in [-0.3, -0.25) is 4.57 Å². The standard InChI is InChI=1S/C24H26N6O4/c1-4-34-20-10-5-7-16(27-20)23-29-22-24(28-19(13-25-22)26-14-11-15(31)12-14)30(23)21-17(32-2)8-6-9-18(21)33-3/h5-10,13-15,31H,4,11-12H2,1-3H3,(H,26,28)/t14-,15+. The van der Waals surface area contributed by atoms with Gasteiger partial charge < -0.3 is 24.6 Å². The van der Waals surface area contributed by atoms with Gasteiger partial charge in [-0.05, 0) is 38.0 Å². The SMILES string of the molecule is CCOc1cccc(-c2nc3ncc(N[C@H]4C[C@@H](O)C4)nc3n2-c2c(OC)cccc2OC)n1. The van der Waals surface area contributed by atoms with Gasteiger partial charge in [0, 0.05) is 12.1 Å². The number of para-hydroxylation sites is 1. The first-order chi connectivity index (χ1) is 16.6. The normalized spacial score (nSPS) is 17.3. The molecule has 0 atom stereocenters. The highest BCUT2D eigenvalue weighted by Crippen LogP contribution is 2.38. The number of nitrogens with one attached hydrogen (secondary N) is 1. The Balaban J connectivity index is 1.73. The molecule has 0 bridgehead atoms. The summed E-state index contributed by atoms with van der Waals surface area (Å²) in [4.78, 5) is 18.8. The van der Waals surface area contributed by atoms with Crippen LogP contribution in [0, 0.1) is 0 Å². The van der Waals surface area contributed by atoms with Crippen molar-refractivity contribution in [3.63, 3.8) is 0 Å². The van der Waals surface area contributed by atoms with Crippen molar-refractivity contribution >= 4 is 17.1 Å². The number of imidazole rings is 1. The van der Waals surface area contributed by atoms with Crippen LogP contribution in [0.15, 0.2) is 42.6 Å². The number of hydrogen-bond donors (Lipinski definition) is 2. The number of benzene rings is 1. The summed E-state index contributed by atoms with van der Waals surface area (Å²) < 4.78 is 18.8. The third-order valence-electron chi connectivity index (χ3n) is 5.71. The zero-order valence-electron chi connectivity index (χ0n) is 19.2. The van der Waals surface area contributed by atoms with Crippen molar-refractivity contribution < 1.29 is 19.3 Å². The van der Waals surface area contributed by atoms with Crippen molar-refractivity contribution in [2.24, 2.45) is 0 Å². The molecular formula is C24H26N6O4. The topological polar surface area (TPSA) is 116 Å². The van der Waals surface area contributed by atoms with Crippen LogP contribution in [0.4, 0.5) is 5.82 Å². The van der Waals surface area contributed by atoms with Crippen molar-refractivity contribution in [1.29, 1.82) is 0 Å². The summed E-state index contributed by atoms with van der Waals surface area (Å²) in [7, 11) is 3.21. The van der Waals surface area contributed by atoms with Crippen LogP contribution in [0.1, 0.15) is 19.8 Å². The molecule has 4 aromatic rings. The summed E-state index contributed by atoms with van der Waals surface area (Å²) in [6, 6.07) is 11.2. The van der Waals surface area contributed by atoms with Crippen LogP contribution in [-0.2, 0) is 0 Å².